The Kier molecular flexibility index (Phi) is 5.14. The zero-order valence-electron chi connectivity index (χ0n) is 13.9. The molecule has 0 spiro atoms. The lowest BCUT2D eigenvalue weighted by molar-refractivity contribution is -0.123. The number of oxime groups is 1. The van der Waals surface area contributed by atoms with Crippen molar-refractivity contribution in [3.8, 4) is 18.2 Å². The van der Waals surface area contributed by atoms with Crippen molar-refractivity contribution in [2.75, 3.05) is 24.0 Å². The van der Waals surface area contributed by atoms with Crippen LogP contribution in [0.15, 0.2) is 5.16 Å². The summed E-state index contributed by atoms with van der Waals surface area (Å²) in [5.74, 6) is 2.83. The summed E-state index contributed by atoms with van der Waals surface area (Å²) in [5, 5.41) is 7.81. The minimum Gasteiger partial charge on any atom is -0.480 e. The predicted octanol–water partition coefficient (Wildman–Crippen LogP) is 2.15. The Morgan fingerprint density at radius 1 is 1.46 bits per heavy atom. The predicted molar refractivity (Wildman–Crippen MR) is 90.9 cm³/mol. The number of methoxy groups -OCH3 is 1. The van der Waals surface area contributed by atoms with E-state index in [0.717, 1.165) is 0 Å². The molecule has 9 heteroatoms. The fourth-order valence-electron chi connectivity index (χ4n) is 1.76. The van der Waals surface area contributed by atoms with E-state index >= 15 is 0 Å². The van der Waals surface area contributed by atoms with E-state index in [1.165, 1.54) is 12.2 Å². The summed E-state index contributed by atoms with van der Waals surface area (Å²) in [6, 6.07) is 0. The van der Waals surface area contributed by atoms with Crippen molar-refractivity contribution in [2.45, 2.75) is 27.2 Å². The van der Waals surface area contributed by atoms with Gasteiger partial charge in [-0.15, -0.1) is 12.3 Å². The number of hydrogen-bond donors (Lipinski definition) is 1. The van der Waals surface area contributed by atoms with Crippen molar-refractivity contribution in [3.05, 3.63) is 5.56 Å². The first kappa shape index (κ1) is 17.8. The second-order valence-electron chi connectivity index (χ2n) is 5.98. The van der Waals surface area contributed by atoms with Crippen LogP contribution in [0.5, 0.6) is 5.88 Å². The monoisotopic (exact) mass is 351 g/mol. The lowest BCUT2D eigenvalue weighted by atomic mass is 9.96. The maximum atomic E-state index is 12.2. The zero-order chi connectivity index (χ0) is 17.9. The van der Waals surface area contributed by atoms with Crippen molar-refractivity contribution in [2.24, 2.45) is 10.6 Å². The van der Waals surface area contributed by atoms with Gasteiger partial charge in [0.15, 0.2) is 11.0 Å². The Morgan fingerprint density at radius 2 is 2.17 bits per heavy atom. The summed E-state index contributed by atoms with van der Waals surface area (Å²) in [7, 11) is 1.43. The third-order valence-electron chi connectivity index (χ3n) is 3.08. The molecule has 2 rings (SSSR count). The summed E-state index contributed by atoms with van der Waals surface area (Å²) in [6.07, 6.45) is 5.69. The van der Waals surface area contributed by atoms with Gasteiger partial charge >= 0.3 is 0 Å². The molecule has 1 aliphatic heterocycles. The average Bonchev–Trinajstić information content (AvgIpc) is 2.52. The lowest BCUT2D eigenvalue weighted by Crippen LogP contribution is -2.32. The summed E-state index contributed by atoms with van der Waals surface area (Å²) < 4.78 is 5.25. The second kappa shape index (κ2) is 6.93. The highest BCUT2D eigenvalue weighted by Gasteiger charge is 2.30. The molecule has 1 aromatic heterocycles. The number of hydrogen-bond acceptors (Lipinski definition) is 7. The number of terminal acetylenes is 1. The molecule has 24 heavy (non-hydrogen) atoms. The van der Waals surface area contributed by atoms with Crippen LogP contribution in [0.25, 0.3) is 0 Å². The van der Waals surface area contributed by atoms with Crippen molar-refractivity contribution in [1.29, 1.82) is 0 Å². The van der Waals surface area contributed by atoms with E-state index in [2.05, 4.69) is 26.4 Å². The molecule has 0 aromatic carbocycles. The smallest absolute Gasteiger partial charge is 0.234 e. The maximum Gasteiger partial charge on any atom is 0.234 e. The van der Waals surface area contributed by atoms with Crippen molar-refractivity contribution in [3.63, 3.8) is 0 Å². The van der Waals surface area contributed by atoms with Gasteiger partial charge in [0.1, 0.15) is 5.56 Å². The number of nitrogens with zero attached hydrogens (tertiary/aromatic N) is 4. The van der Waals surface area contributed by atoms with E-state index in [1.54, 1.807) is 20.8 Å². The SMILES string of the molecule is C#CCCN1ON=C(Cl)c2c(OC)nc(NC(=O)C(C)(C)C)nc21. The molecule has 1 aliphatic rings. The minimum atomic E-state index is -0.606. The Hall–Kier alpha value is -2.53. The summed E-state index contributed by atoms with van der Waals surface area (Å²) in [6.45, 7) is 5.68. The molecule has 0 radical (unpaired) electrons. The highest BCUT2D eigenvalue weighted by atomic mass is 35.5. The van der Waals surface area contributed by atoms with E-state index < -0.39 is 5.41 Å². The van der Waals surface area contributed by atoms with Crippen molar-refractivity contribution in [1.82, 2.24) is 9.97 Å². The summed E-state index contributed by atoms with van der Waals surface area (Å²) in [4.78, 5) is 25.8. The van der Waals surface area contributed by atoms with E-state index in [0.29, 0.717) is 24.3 Å². The van der Waals surface area contributed by atoms with Crippen LogP contribution >= 0.6 is 11.6 Å². The molecule has 0 saturated carbocycles. The summed E-state index contributed by atoms with van der Waals surface area (Å²) >= 11 is 6.07. The molecule has 1 amide bonds. The normalized spacial score (nSPS) is 13.3. The molecule has 0 bridgehead atoms. The number of fused-ring (bicyclic) bond motifs is 1. The van der Waals surface area contributed by atoms with Crippen LogP contribution in [0.3, 0.4) is 0 Å². The molecule has 128 valence electrons. The lowest BCUT2D eigenvalue weighted by Gasteiger charge is -2.26. The highest BCUT2D eigenvalue weighted by molar-refractivity contribution is 6.70. The number of amides is 1. The average molecular weight is 352 g/mol. The van der Waals surface area contributed by atoms with Crippen LogP contribution in [-0.2, 0) is 9.73 Å². The number of aromatic nitrogens is 2. The molecule has 0 unspecified atom stereocenters. The Bertz CT molecular complexity index is 721. The molecule has 0 fully saturated rings. The number of anilines is 2. The van der Waals surface area contributed by atoms with Gasteiger partial charge in [-0.25, -0.2) is 0 Å². The molecule has 2 heterocycles. The molecule has 1 aromatic rings. The third kappa shape index (κ3) is 3.68. The third-order valence-corrected chi connectivity index (χ3v) is 3.34. The van der Waals surface area contributed by atoms with Gasteiger partial charge in [-0.3, -0.25) is 15.0 Å². The van der Waals surface area contributed by atoms with E-state index in [-0.39, 0.29) is 22.9 Å². The number of nitrogens with one attached hydrogen (secondary N) is 1. The van der Waals surface area contributed by atoms with Crippen LogP contribution in [0.4, 0.5) is 11.8 Å². The zero-order valence-corrected chi connectivity index (χ0v) is 14.6. The van der Waals surface area contributed by atoms with Gasteiger partial charge in [0, 0.05) is 11.8 Å². The molecule has 0 atom stereocenters. The van der Waals surface area contributed by atoms with Crippen molar-refractivity contribution < 1.29 is 14.5 Å². The maximum absolute atomic E-state index is 12.2. The van der Waals surface area contributed by atoms with Gasteiger partial charge in [-0.1, -0.05) is 32.4 Å². The number of hydroxylamine groups is 1. The molecule has 0 saturated heterocycles. The molecule has 8 nitrogen and oxygen atoms in total. The topological polar surface area (TPSA) is 88.9 Å². The van der Waals surface area contributed by atoms with Crippen LogP contribution < -0.4 is 15.1 Å². The Labute approximate surface area is 145 Å². The van der Waals surface area contributed by atoms with Crippen LogP contribution in [0.2, 0.25) is 0 Å². The molecule has 0 aliphatic carbocycles. The van der Waals surface area contributed by atoms with Gasteiger partial charge in [-0.2, -0.15) is 15.0 Å². The van der Waals surface area contributed by atoms with Crippen molar-refractivity contribution >= 4 is 34.4 Å². The highest BCUT2D eigenvalue weighted by Crippen LogP contribution is 2.33. The van der Waals surface area contributed by atoms with Crippen LogP contribution in [-0.4, -0.2) is 34.7 Å². The summed E-state index contributed by atoms with van der Waals surface area (Å²) in [5.41, 5.74) is -0.234. The largest absolute Gasteiger partial charge is 0.480 e. The van der Waals surface area contributed by atoms with E-state index in [9.17, 15) is 4.79 Å². The Balaban J connectivity index is 2.45. The van der Waals surface area contributed by atoms with E-state index in [4.69, 9.17) is 27.7 Å². The fraction of sp³-hybridized carbons (Fsp3) is 0.467. The molecular formula is C15H18ClN5O3. The first-order chi connectivity index (χ1) is 11.3. The number of carbonyl (C=O) groups excluding carboxylic acids is 1. The van der Waals surface area contributed by atoms with Gasteiger partial charge in [0.25, 0.3) is 0 Å². The minimum absolute atomic E-state index is 0.0486. The number of carbonyl (C=O) groups is 1. The van der Waals surface area contributed by atoms with Gasteiger partial charge in [0.2, 0.25) is 17.7 Å². The van der Waals surface area contributed by atoms with Crippen LogP contribution in [0.1, 0.15) is 32.8 Å². The van der Waals surface area contributed by atoms with Crippen LogP contribution in [0, 0.1) is 17.8 Å². The molecular weight excluding hydrogens is 334 g/mol. The second-order valence-corrected chi connectivity index (χ2v) is 6.34. The number of halogens is 1. The van der Waals surface area contributed by atoms with Gasteiger partial charge in [-0.05, 0) is 5.16 Å². The number of rotatable bonds is 4. The standard InChI is InChI=1S/C15H18ClN5O3/c1-6-7-8-21-11-9(10(16)20-24-21)12(23-5)18-14(17-11)19-13(22)15(2,3)4/h1H,7-8H2,2-5H3,(H,17,18,19,22). The first-order valence-electron chi connectivity index (χ1n) is 7.17. The molecule has 1 N–H and O–H groups in total. The first-order valence-corrected chi connectivity index (χ1v) is 7.55. The van der Waals surface area contributed by atoms with Gasteiger partial charge < -0.3 is 4.74 Å². The Morgan fingerprint density at radius 3 is 2.75 bits per heavy atom. The fourth-order valence-corrected chi connectivity index (χ4v) is 1.96. The quantitative estimate of drug-likeness (QED) is 0.836. The van der Waals surface area contributed by atoms with E-state index in [1.807, 2.05) is 0 Å². The van der Waals surface area contributed by atoms with Gasteiger partial charge in [0.05, 0.1) is 13.7 Å². The number of ether oxygens (including phenoxy) is 1.